The molecular weight excluding hydrogens is 286 g/mol. The number of imidazole rings is 1. The molecule has 0 saturated heterocycles. The molecule has 0 aliphatic rings. The molecule has 0 radical (unpaired) electrons. The molecule has 0 saturated carbocycles. The number of pyridine rings is 2. The maximum atomic E-state index is 5.51. The number of hydrogen-bond donors (Lipinski definition) is 0. The lowest BCUT2D eigenvalue weighted by Crippen LogP contribution is -2.01. The smallest absolute Gasteiger partial charge is 0.142 e. The van der Waals surface area contributed by atoms with E-state index in [9.17, 15) is 0 Å². The number of fused-ring (bicyclic) bond motifs is 1. The van der Waals surface area contributed by atoms with Crippen molar-refractivity contribution in [1.29, 1.82) is 0 Å². The summed E-state index contributed by atoms with van der Waals surface area (Å²) in [5.74, 6) is 0. The van der Waals surface area contributed by atoms with Crippen molar-refractivity contribution in [1.82, 2.24) is 14.4 Å². The molecule has 4 heteroatoms. The van der Waals surface area contributed by atoms with Gasteiger partial charge in [0.1, 0.15) is 5.65 Å². The van der Waals surface area contributed by atoms with Crippen LogP contribution >= 0.6 is 0 Å². The molecule has 23 heavy (non-hydrogen) atoms. The van der Waals surface area contributed by atoms with Gasteiger partial charge < -0.3 is 9.14 Å². The first kappa shape index (κ1) is 17.2. The summed E-state index contributed by atoms with van der Waals surface area (Å²) < 4.78 is 7.58. The fourth-order valence-corrected chi connectivity index (χ4v) is 2.61. The Morgan fingerprint density at radius 3 is 2.57 bits per heavy atom. The number of aromatic nitrogens is 3. The molecule has 3 aromatic heterocycles. The van der Waals surface area contributed by atoms with Gasteiger partial charge in [0.05, 0.1) is 11.8 Å². The molecule has 0 bridgehead atoms. The van der Waals surface area contributed by atoms with Crippen molar-refractivity contribution in [2.75, 3.05) is 7.11 Å². The molecule has 0 unspecified atom stereocenters. The van der Waals surface area contributed by atoms with E-state index < -0.39 is 0 Å². The highest BCUT2D eigenvalue weighted by Crippen LogP contribution is 2.29. The molecule has 0 amide bonds. The van der Waals surface area contributed by atoms with Gasteiger partial charge in [-0.05, 0) is 32.9 Å². The number of hydrogen-bond acceptors (Lipinski definition) is 3. The van der Waals surface area contributed by atoms with E-state index >= 15 is 0 Å². The number of aryl methyl sites for hydroxylation is 2. The Kier molecular flexibility index (Phi) is 5.50. The van der Waals surface area contributed by atoms with Crippen molar-refractivity contribution in [2.45, 2.75) is 40.7 Å². The van der Waals surface area contributed by atoms with E-state index in [1.54, 1.807) is 7.11 Å². The standard InChI is InChI=1S/C17H19N3O.C2H6/c1-11-9-20-10-14(15-6-5-7-18-12(15)2)8-16(13(3)21-4)17(20)19-11;1-2/h5-10,13H,1-4H3;1-2H3/t13-;/m1./s1. The second-order valence-electron chi connectivity index (χ2n) is 5.31. The largest absolute Gasteiger partial charge is 0.377 e. The van der Waals surface area contributed by atoms with E-state index in [1.807, 2.05) is 53.1 Å². The first-order chi connectivity index (χ1) is 11.1. The van der Waals surface area contributed by atoms with Crippen LogP contribution in [0.5, 0.6) is 0 Å². The highest BCUT2D eigenvalue weighted by molar-refractivity contribution is 5.69. The lowest BCUT2D eigenvalue weighted by Gasteiger charge is -2.14. The van der Waals surface area contributed by atoms with Gasteiger partial charge in [-0.1, -0.05) is 19.9 Å². The third-order valence-corrected chi connectivity index (χ3v) is 3.81. The average molecular weight is 311 g/mol. The molecule has 3 heterocycles. The van der Waals surface area contributed by atoms with Crippen molar-refractivity contribution in [2.24, 2.45) is 0 Å². The van der Waals surface area contributed by atoms with Gasteiger partial charge in [0.15, 0.2) is 0 Å². The fourth-order valence-electron chi connectivity index (χ4n) is 2.61. The minimum atomic E-state index is -0.00812. The Labute approximate surface area is 138 Å². The molecular formula is C19H25N3O. The van der Waals surface area contributed by atoms with Gasteiger partial charge in [-0.25, -0.2) is 4.98 Å². The van der Waals surface area contributed by atoms with Crippen molar-refractivity contribution in [3.8, 4) is 11.1 Å². The molecule has 3 aromatic rings. The molecule has 1 atom stereocenters. The molecule has 0 N–H and O–H groups in total. The third kappa shape index (κ3) is 3.42. The van der Waals surface area contributed by atoms with Gasteiger partial charge in [-0.3, -0.25) is 4.98 Å². The minimum Gasteiger partial charge on any atom is -0.377 e. The van der Waals surface area contributed by atoms with Gasteiger partial charge in [0.2, 0.25) is 0 Å². The SMILES string of the molecule is CC.CO[C@H](C)c1cc(-c2cccnc2C)cn2cc(C)nc12. The molecule has 0 aliphatic heterocycles. The van der Waals surface area contributed by atoms with Crippen LogP contribution in [0.1, 0.15) is 43.8 Å². The predicted octanol–water partition coefficient (Wildman–Crippen LogP) is 4.75. The first-order valence-electron chi connectivity index (χ1n) is 8.04. The highest BCUT2D eigenvalue weighted by atomic mass is 16.5. The number of ether oxygens (including phenoxy) is 1. The monoisotopic (exact) mass is 311 g/mol. The molecule has 0 aromatic carbocycles. The molecule has 3 rings (SSSR count). The van der Waals surface area contributed by atoms with E-state index in [2.05, 4.69) is 32.7 Å². The quantitative estimate of drug-likeness (QED) is 0.701. The number of nitrogens with zero attached hydrogens (tertiary/aromatic N) is 3. The zero-order valence-corrected chi connectivity index (χ0v) is 14.8. The summed E-state index contributed by atoms with van der Waals surface area (Å²) >= 11 is 0. The summed E-state index contributed by atoms with van der Waals surface area (Å²) in [6.07, 6.45) is 5.95. The maximum absolute atomic E-state index is 5.51. The minimum absolute atomic E-state index is 0.00812. The molecule has 4 nitrogen and oxygen atoms in total. The van der Waals surface area contributed by atoms with Crippen LogP contribution in [0.25, 0.3) is 16.8 Å². The zero-order chi connectivity index (χ0) is 17.0. The van der Waals surface area contributed by atoms with Gasteiger partial charge in [0.25, 0.3) is 0 Å². The summed E-state index contributed by atoms with van der Waals surface area (Å²) in [4.78, 5) is 8.99. The lowest BCUT2D eigenvalue weighted by molar-refractivity contribution is 0.120. The summed E-state index contributed by atoms with van der Waals surface area (Å²) in [5, 5.41) is 0. The second-order valence-corrected chi connectivity index (χ2v) is 5.31. The molecule has 0 spiro atoms. The normalized spacial score (nSPS) is 11.9. The molecule has 122 valence electrons. The van der Waals surface area contributed by atoms with E-state index in [-0.39, 0.29) is 6.10 Å². The van der Waals surface area contributed by atoms with Crippen LogP contribution in [-0.2, 0) is 4.74 Å². The van der Waals surface area contributed by atoms with Crippen LogP contribution in [0.2, 0.25) is 0 Å². The Hall–Kier alpha value is -2.20. The van der Waals surface area contributed by atoms with Crippen molar-refractivity contribution < 1.29 is 4.74 Å². The van der Waals surface area contributed by atoms with Crippen LogP contribution in [0.4, 0.5) is 0 Å². The Bertz CT molecular complexity index is 792. The fraction of sp³-hybridized carbons (Fsp3) is 0.368. The lowest BCUT2D eigenvalue weighted by atomic mass is 10.0. The summed E-state index contributed by atoms with van der Waals surface area (Å²) in [6, 6.07) is 6.21. The van der Waals surface area contributed by atoms with Crippen molar-refractivity contribution >= 4 is 5.65 Å². The summed E-state index contributed by atoms with van der Waals surface area (Å²) in [6.45, 7) is 10.1. The van der Waals surface area contributed by atoms with Crippen LogP contribution in [0, 0.1) is 13.8 Å². The van der Waals surface area contributed by atoms with Crippen LogP contribution in [-0.4, -0.2) is 21.5 Å². The molecule has 0 fully saturated rings. The third-order valence-electron chi connectivity index (χ3n) is 3.81. The number of methoxy groups -OCH3 is 1. The predicted molar refractivity (Wildman–Crippen MR) is 94.7 cm³/mol. The first-order valence-corrected chi connectivity index (χ1v) is 8.04. The summed E-state index contributed by atoms with van der Waals surface area (Å²) in [7, 11) is 1.72. The Morgan fingerprint density at radius 2 is 1.91 bits per heavy atom. The van der Waals surface area contributed by atoms with E-state index in [4.69, 9.17) is 4.74 Å². The topological polar surface area (TPSA) is 39.4 Å². The molecule has 0 aliphatic carbocycles. The van der Waals surface area contributed by atoms with Gasteiger partial charge in [-0.2, -0.15) is 0 Å². The van der Waals surface area contributed by atoms with Crippen molar-refractivity contribution in [3.05, 3.63) is 53.7 Å². The zero-order valence-electron chi connectivity index (χ0n) is 14.8. The van der Waals surface area contributed by atoms with Gasteiger partial charge in [-0.15, -0.1) is 0 Å². The van der Waals surface area contributed by atoms with Crippen molar-refractivity contribution in [3.63, 3.8) is 0 Å². The van der Waals surface area contributed by atoms with E-state index in [0.717, 1.165) is 33.7 Å². The second kappa shape index (κ2) is 7.38. The summed E-state index contributed by atoms with van der Waals surface area (Å²) in [5.41, 5.74) is 6.32. The highest BCUT2D eigenvalue weighted by Gasteiger charge is 2.14. The maximum Gasteiger partial charge on any atom is 0.142 e. The van der Waals surface area contributed by atoms with Crippen LogP contribution in [0.3, 0.4) is 0 Å². The van der Waals surface area contributed by atoms with E-state index in [1.165, 1.54) is 0 Å². The van der Waals surface area contributed by atoms with E-state index in [0.29, 0.717) is 0 Å². The average Bonchev–Trinajstić information content (AvgIpc) is 2.95. The Balaban J connectivity index is 0.000000924. The van der Waals surface area contributed by atoms with Gasteiger partial charge >= 0.3 is 0 Å². The Morgan fingerprint density at radius 1 is 1.17 bits per heavy atom. The van der Waals surface area contributed by atoms with Gasteiger partial charge in [0, 0.05) is 48.1 Å². The number of rotatable bonds is 3. The van der Waals surface area contributed by atoms with Crippen LogP contribution in [0.15, 0.2) is 36.8 Å². The van der Waals surface area contributed by atoms with Crippen LogP contribution < -0.4 is 0 Å².